The van der Waals surface area contributed by atoms with Gasteiger partial charge in [0, 0.05) is 29.3 Å². The van der Waals surface area contributed by atoms with Crippen LogP contribution < -0.4 is 11.2 Å². The molecule has 0 aliphatic carbocycles. The van der Waals surface area contributed by atoms with Gasteiger partial charge in [-0.15, -0.1) is 0 Å². The lowest BCUT2D eigenvalue weighted by Gasteiger charge is -2.13. The first kappa shape index (κ1) is 18.6. The van der Waals surface area contributed by atoms with E-state index in [1.54, 1.807) is 12.1 Å². The fraction of sp³-hybridized carbons (Fsp3) is 0.286. The van der Waals surface area contributed by atoms with Crippen LogP contribution in [-0.4, -0.2) is 10.5 Å². The van der Waals surface area contributed by atoms with Gasteiger partial charge in [-0.2, -0.15) is 0 Å². The first-order valence-electron chi connectivity index (χ1n) is 8.73. The monoisotopic (exact) mass is 367 g/mol. The number of hydrogen-bond donors (Lipinski definition) is 0. The van der Waals surface area contributed by atoms with Crippen LogP contribution in [0.4, 0.5) is 0 Å². The zero-order valence-electron chi connectivity index (χ0n) is 15.5. The molecule has 0 amide bonds. The Morgan fingerprint density at radius 2 is 1.96 bits per heavy atom. The van der Waals surface area contributed by atoms with Crippen LogP contribution in [0.25, 0.3) is 11.0 Å². The average Bonchev–Trinajstić information content (AvgIpc) is 2.60. The summed E-state index contributed by atoms with van der Waals surface area (Å²) in [5, 5.41) is 0.744. The van der Waals surface area contributed by atoms with Gasteiger partial charge in [0.15, 0.2) is 0 Å². The van der Waals surface area contributed by atoms with Crippen molar-refractivity contribution in [2.75, 3.05) is 0 Å². The highest BCUT2D eigenvalue weighted by Crippen LogP contribution is 2.27. The van der Waals surface area contributed by atoms with Gasteiger partial charge < -0.3 is 13.7 Å². The van der Waals surface area contributed by atoms with Crippen molar-refractivity contribution < 1.29 is 13.9 Å². The van der Waals surface area contributed by atoms with Crippen molar-refractivity contribution in [3.8, 4) is 0 Å². The highest BCUT2D eigenvalue weighted by molar-refractivity contribution is 5.82. The molecule has 0 N–H and O–H groups in total. The fourth-order valence-electron chi connectivity index (χ4n) is 3.07. The Hall–Kier alpha value is -3.15. The second-order valence-corrected chi connectivity index (χ2v) is 6.78. The summed E-state index contributed by atoms with van der Waals surface area (Å²) in [4.78, 5) is 35.6. The Bertz CT molecular complexity index is 1110. The van der Waals surface area contributed by atoms with Crippen LogP contribution in [0.5, 0.6) is 0 Å². The van der Waals surface area contributed by atoms with Gasteiger partial charge in [0.2, 0.25) is 0 Å². The second-order valence-electron chi connectivity index (χ2n) is 6.78. The quantitative estimate of drug-likeness (QED) is 0.511. The maximum absolute atomic E-state index is 12.1. The maximum atomic E-state index is 12.1. The predicted octanol–water partition coefficient (Wildman–Crippen LogP) is 3.13. The molecule has 3 aromatic rings. The summed E-state index contributed by atoms with van der Waals surface area (Å²) < 4.78 is 11.9. The van der Waals surface area contributed by atoms with Gasteiger partial charge in [-0.05, 0) is 42.2 Å². The molecular weight excluding hydrogens is 346 g/mol. The second kappa shape index (κ2) is 7.61. The van der Waals surface area contributed by atoms with Crippen molar-refractivity contribution in [3.63, 3.8) is 0 Å². The van der Waals surface area contributed by atoms with Gasteiger partial charge in [-0.3, -0.25) is 9.59 Å². The molecule has 0 radical (unpaired) electrons. The van der Waals surface area contributed by atoms with E-state index >= 15 is 0 Å². The molecule has 6 heteroatoms. The van der Waals surface area contributed by atoms with E-state index in [0.29, 0.717) is 17.1 Å². The first-order chi connectivity index (χ1) is 12.8. The summed E-state index contributed by atoms with van der Waals surface area (Å²) >= 11 is 0. The Labute approximate surface area is 156 Å². The molecule has 0 spiro atoms. The highest BCUT2D eigenvalue weighted by Gasteiger charge is 2.13. The van der Waals surface area contributed by atoms with E-state index < -0.39 is 11.6 Å². The van der Waals surface area contributed by atoms with Crippen molar-refractivity contribution in [1.29, 1.82) is 0 Å². The van der Waals surface area contributed by atoms with Crippen LogP contribution in [0, 0.1) is 6.92 Å². The Morgan fingerprint density at radius 1 is 1.19 bits per heavy atom. The van der Waals surface area contributed by atoms with Gasteiger partial charge in [-0.1, -0.05) is 19.9 Å². The Kier molecular flexibility index (Phi) is 5.26. The zero-order valence-corrected chi connectivity index (χ0v) is 15.5. The third-order valence-electron chi connectivity index (χ3n) is 4.43. The molecule has 2 heterocycles. The summed E-state index contributed by atoms with van der Waals surface area (Å²) in [6.45, 7) is 5.90. The van der Waals surface area contributed by atoms with E-state index in [1.807, 2.05) is 19.1 Å². The molecule has 2 aromatic heterocycles. The van der Waals surface area contributed by atoms with Crippen LogP contribution in [0.1, 0.15) is 36.5 Å². The lowest BCUT2D eigenvalue weighted by atomic mass is 9.95. The summed E-state index contributed by atoms with van der Waals surface area (Å²) in [6, 6.07) is 9.79. The lowest BCUT2D eigenvalue weighted by Crippen LogP contribution is -2.23. The molecule has 0 unspecified atom stereocenters. The number of rotatable bonds is 5. The minimum absolute atomic E-state index is 0.0664. The number of pyridine rings is 1. The third-order valence-corrected chi connectivity index (χ3v) is 4.43. The molecule has 0 atom stereocenters. The molecule has 0 fully saturated rings. The van der Waals surface area contributed by atoms with E-state index in [0.717, 1.165) is 16.5 Å². The van der Waals surface area contributed by atoms with Crippen molar-refractivity contribution >= 4 is 16.9 Å². The smallest absolute Gasteiger partial charge is 0.336 e. The highest BCUT2D eigenvalue weighted by atomic mass is 16.5. The zero-order chi connectivity index (χ0) is 19.6. The number of benzene rings is 1. The van der Waals surface area contributed by atoms with Gasteiger partial charge in [0.25, 0.3) is 5.56 Å². The minimum Gasteiger partial charge on any atom is -0.459 e. The number of carbonyl (C=O) groups is 1. The maximum Gasteiger partial charge on any atom is 0.336 e. The molecule has 0 saturated carbocycles. The average molecular weight is 367 g/mol. The molecule has 6 nitrogen and oxygen atoms in total. The van der Waals surface area contributed by atoms with Crippen LogP contribution in [-0.2, 0) is 22.7 Å². The number of nitrogens with zero attached hydrogens (tertiary/aromatic N) is 1. The predicted molar refractivity (Wildman–Crippen MR) is 102 cm³/mol. The number of carbonyl (C=O) groups excluding carboxylic acids is 1. The number of ether oxygens (including phenoxy) is 1. The van der Waals surface area contributed by atoms with E-state index in [1.165, 1.54) is 22.9 Å². The van der Waals surface area contributed by atoms with Crippen LogP contribution in [0.15, 0.2) is 56.6 Å². The summed E-state index contributed by atoms with van der Waals surface area (Å²) in [7, 11) is 0. The number of aromatic nitrogens is 1. The summed E-state index contributed by atoms with van der Waals surface area (Å²) in [5.41, 5.74) is 2.45. The van der Waals surface area contributed by atoms with E-state index in [-0.39, 0.29) is 18.7 Å². The molecule has 0 bridgehead atoms. The minimum atomic E-state index is -0.555. The van der Waals surface area contributed by atoms with Gasteiger partial charge in [0.05, 0.1) is 0 Å². The third kappa shape index (κ3) is 4.16. The largest absolute Gasteiger partial charge is 0.459 e. The van der Waals surface area contributed by atoms with Gasteiger partial charge in [0.1, 0.15) is 18.7 Å². The first-order valence-corrected chi connectivity index (χ1v) is 8.73. The normalized spacial score (nSPS) is 11.1. The Morgan fingerprint density at radius 3 is 2.67 bits per heavy atom. The summed E-state index contributed by atoms with van der Waals surface area (Å²) in [5.74, 6) is -0.248. The molecule has 0 saturated heterocycles. The fourth-order valence-corrected chi connectivity index (χ4v) is 3.07. The number of fused-ring (bicyclic) bond motifs is 1. The van der Waals surface area contributed by atoms with E-state index in [2.05, 4.69) is 13.8 Å². The number of aryl methyl sites for hydroxylation is 1. The molecule has 140 valence electrons. The summed E-state index contributed by atoms with van der Waals surface area (Å²) in [6.07, 6.45) is 1.52. The number of hydrogen-bond acceptors (Lipinski definition) is 5. The standard InChI is InChI=1S/C21H21NO5/c1-13(2)16-10-17-15(9-20(24)27-18(17)8-14(16)3)12-26-21(25)11-22-7-5-4-6-19(22)23/h4-10,13H,11-12H2,1-3H3. The molecule has 27 heavy (non-hydrogen) atoms. The van der Waals surface area contributed by atoms with Crippen molar-refractivity contribution in [3.05, 3.63) is 80.1 Å². The van der Waals surface area contributed by atoms with E-state index in [9.17, 15) is 14.4 Å². The van der Waals surface area contributed by atoms with Crippen molar-refractivity contribution in [1.82, 2.24) is 4.57 Å². The molecule has 0 aliphatic heterocycles. The topological polar surface area (TPSA) is 78.5 Å². The van der Waals surface area contributed by atoms with Crippen LogP contribution in [0.3, 0.4) is 0 Å². The van der Waals surface area contributed by atoms with Gasteiger partial charge >= 0.3 is 11.6 Å². The van der Waals surface area contributed by atoms with Crippen molar-refractivity contribution in [2.24, 2.45) is 0 Å². The molecule has 3 rings (SSSR count). The number of esters is 1. The SMILES string of the molecule is Cc1cc2oc(=O)cc(COC(=O)Cn3ccccc3=O)c2cc1C(C)C. The van der Waals surface area contributed by atoms with Crippen LogP contribution in [0.2, 0.25) is 0 Å². The van der Waals surface area contributed by atoms with Crippen molar-refractivity contribution in [2.45, 2.75) is 39.8 Å². The molecule has 0 aliphatic rings. The van der Waals surface area contributed by atoms with E-state index in [4.69, 9.17) is 9.15 Å². The Balaban J connectivity index is 1.87. The van der Waals surface area contributed by atoms with Crippen LogP contribution >= 0.6 is 0 Å². The van der Waals surface area contributed by atoms with Gasteiger partial charge in [-0.25, -0.2) is 4.79 Å². The lowest BCUT2D eigenvalue weighted by molar-refractivity contribution is -0.145. The molecular formula is C21H21NO5. The molecule has 1 aromatic carbocycles.